The van der Waals surface area contributed by atoms with Crippen molar-refractivity contribution in [2.45, 2.75) is 83.7 Å². The van der Waals surface area contributed by atoms with E-state index in [1.54, 1.807) is 0 Å². The number of halogens is 2. The van der Waals surface area contributed by atoms with E-state index in [0.29, 0.717) is 42.8 Å². The highest BCUT2D eigenvalue weighted by Crippen LogP contribution is 2.63. The highest BCUT2D eigenvalue weighted by atomic mass is 35.5. The molecule has 0 aromatic rings. The Bertz CT molecular complexity index is 659. The molecule has 0 aliphatic heterocycles. The summed E-state index contributed by atoms with van der Waals surface area (Å²) in [6, 6.07) is 0. The Morgan fingerprint density at radius 1 is 1.11 bits per heavy atom. The second kappa shape index (κ2) is 8.20. The maximum absolute atomic E-state index is 15.6. The number of carbonyl (C=O) groups is 2. The fraction of sp³-hybridized carbons (Fsp3) is 0.833. The van der Waals surface area contributed by atoms with E-state index in [2.05, 4.69) is 0 Å². The van der Waals surface area contributed by atoms with Crippen LogP contribution < -0.4 is 0 Å². The minimum absolute atomic E-state index is 0.0184. The average molecular weight is 409 g/mol. The van der Waals surface area contributed by atoms with Crippen LogP contribution in [-0.2, 0) is 9.59 Å². The summed E-state index contributed by atoms with van der Waals surface area (Å²) in [5, 5.41) is 0. The Kier molecular flexibility index (Phi) is 6.03. The first-order valence-corrected chi connectivity index (χ1v) is 12.0. The van der Waals surface area contributed by atoms with Crippen LogP contribution in [0.3, 0.4) is 0 Å². The van der Waals surface area contributed by atoms with Gasteiger partial charge in [0.15, 0.2) is 5.78 Å². The highest BCUT2D eigenvalue weighted by Gasteiger charge is 2.61. The maximum atomic E-state index is 15.6. The normalized spacial score (nSPS) is 42.6. The number of hydrogen-bond acceptors (Lipinski definition) is 2. The molecule has 4 heteroatoms. The van der Waals surface area contributed by atoms with Crippen molar-refractivity contribution in [3.63, 3.8) is 0 Å². The fourth-order valence-corrected chi connectivity index (χ4v) is 7.49. The van der Waals surface area contributed by atoms with Gasteiger partial charge in [-0.2, -0.15) is 0 Å². The lowest BCUT2D eigenvalue weighted by Gasteiger charge is -2.56. The number of allylic oxidation sites excluding steroid dienone is 1. The molecule has 0 aromatic carbocycles. The predicted octanol–water partition coefficient (Wildman–Crippen LogP) is 6.06. The van der Waals surface area contributed by atoms with Crippen LogP contribution >= 0.6 is 11.6 Å². The van der Waals surface area contributed by atoms with Crippen LogP contribution in [0.5, 0.6) is 0 Å². The van der Waals surface area contributed by atoms with Gasteiger partial charge in [-0.25, -0.2) is 4.39 Å². The van der Waals surface area contributed by atoms with Gasteiger partial charge in [-0.05, 0) is 68.3 Å². The van der Waals surface area contributed by atoms with Crippen LogP contribution in [0.25, 0.3) is 0 Å². The van der Waals surface area contributed by atoms with E-state index >= 15 is 4.39 Å². The van der Waals surface area contributed by atoms with Gasteiger partial charge in [0.1, 0.15) is 12.0 Å². The number of rotatable bonds is 6. The Labute approximate surface area is 173 Å². The lowest BCUT2D eigenvalue weighted by Crippen LogP contribution is -2.54. The van der Waals surface area contributed by atoms with Crippen molar-refractivity contribution in [1.29, 1.82) is 0 Å². The highest BCUT2D eigenvalue weighted by molar-refractivity contribution is 6.17. The van der Waals surface area contributed by atoms with Gasteiger partial charge in [-0.1, -0.05) is 31.8 Å². The van der Waals surface area contributed by atoms with Crippen molar-refractivity contribution in [3.05, 3.63) is 11.6 Å². The third-order valence-electron chi connectivity index (χ3n) is 8.57. The van der Waals surface area contributed by atoms with Gasteiger partial charge in [0.2, 0.25) is 0 Å². The van der Waals surface area contributed by atoms with E-state index in [9.17, 15) is 9.59 Å². The first-order valence-electron chi connectivity index (χ1n) is 11.4. The van der Waals surface area contributed by atoms with Gasteiger partial charge in [-0.15, -0.1) is 11.6 Å². The fourth-order valence-electron chi connectivity index (χ4n) is 7.30. The van der Waals surface area contributed by atoms with Gasteiger partial charge in [0.25, 0.3) is 0 Å². The van der Waals surface area contributed by atoms with Gasteiger partial charge in [0.05, 0.1) is 0 Å². The molecule has 0 N–H and O–H groups in total. The van der Waals surface area contributed by atoms with Crippen LogP contribution in [0.15, 0.2) is 11.6 Å². The molecule has 7 atom stereocenters. The molecule has 0 spiro atoms. The van der Waals surface area contributed by atoms with Crippen molar-refractivity contribution in [1.82, 2.24) is 0 Å². The minimum Gasteiger partial charge on any atom is -0.299 e. The largest absolute Gasteiger partial charge is 0.299 e. The second-order valence-corrected chi connectivity index (χ2v) is 10.4. The molecular weight excluding hydrogens is 375 g/mol. The monoisotopic (exact) mass is 408 g/mol. The SMILES string of the molecule is C[C@]12C[C@H](F)[C@H]3[C@@H]([C@H](CCCCCCCl)CC4=CC(=O)CC[C@@H]43)[C@@H]1CCC2=O. The summed E-state index contributed by atoms with van der Waals surface area (Å²) in [5.74, 6) is 2.54. The molecule has 2 nitrogen and oxygen atoms in total. The summed E-state index contributed by atoms with van der Waals surface area (Å²) in [7, 11) is 0. The Morgan fingerprint density at radius 3 is 2.68 bits per heavy atom. The first-order chi connectivity index (χ1) is 13.5. The number of Topliss-reactive ketones (excluding diaryl/α,β-unsaturated/α-hetero) is 1. The predicted molar refractivity (Wildman–Crippen MR) is 110 cm³/mol. The molecule has 28 heavy (non-hydrogen) atoms. The molecule has 0 heterocycles. The van der Waals surface area contributed by atoms with E-state index in [1.807, 2.05) is 13.0 Å². The number of fused-ring (bicyclic) bond motifs is 5. The summed E-state index contributed by atoms with van der Waals surface area (Å²) in [5.41, 5.74) is 0.766. The van der Waals surface area contributed by atoms with Crippen molar-refractivity contribution in [2.24, 2.45) is 35.0 Å². The van der Waals surface area contributed by atoms with Crippen molar-refractivity contribution in [3.8, 4) is 0 Å². The maximum Gasteiger partial charge on any atom is 0.155 e. The lowest BCUT2D eigenvalue weighted by atomic mass is 9.48. The van der Waals surface area contributed by atoms with Crippen molar-refractivity contribution in [2.75, 3.05) is 5.88 Å². The number of carbonyl (C=O) groups excluding carboxylic acids is 2. The number of hydrogen-bond donors (Lipinski definition) is 0. The molecule has 0 unspecified atom stereocenters. The van der Waals surface area contributed by atoms with E-state index in [4.69, 9.17) is 11.6 Å². The number of unbranched alkanes of at least 4 members (excludes halogenated alkanes) is 3. The Hall–Kier alpha value is -0.700. The van der Waals surface area contributed by atoms with Crippen LogP contribution in [0.1, 0.15) is 77.6 Å². The van der Waals surface area contributed by atoms with Gasteiger partial charge in [0, 0.05) is 30.1 Å². The summed E-state index contributed by atoms with van der Waals surface area (Å²) in [6.45, 7) is 2.04. The molecule has 0 radical (unpaired) electrons. The first kappa shape index (κ1) is 20.6. The summed E-state index contributed by atoms with van der Waals surface area (Å²) < 4.78 is 15.6. The molecule has 156 valence electrons. The standard InChI is InChI=1S/C24H34ClFO2/c1-24-14-20(26)23-18-8-7-17(27)13-16(18)12-15(6-4-2-3-5-11-25)22(23)19(24)9-10-21(24)28/h13,15,18-20,22-23H,2-12,14H2,1H3/t15-,18+,19+,20+,22+,23+,24+/m1/s1. The molecule has 0 amide bonds. The second-order valence-electron chi connectivity index (χ2n) is 10.0. The van der Waals surface area contributed by atoms with Crippen LogP contribution in [-0.4, -0.2) is 23.6 Å². The molecular formula is C24H34ClFO2. The average Bonchev–Trinajstić information content (AvgIpc) is 2.95. The van der Waals surface area contributed by atoms with E-state index < -0.39 is 11.6 Å². The number of alkyl halides is 2. The molecule has 0 bridgehead atoms. The summed E-state index contributed by atoms with van der Waals surface area (Å²) >= 11 is 5.80. The zero-order chi connectivity index (χ0) is 19.9. The van der Waals surface area contributed by atoms with Crippen LogP contribution in [0.4, 0.5) is 4.39 Å². The molecule has 4 aliphatic carbocycles. The third-order valence-corrected chi connectivity index (χ3v) is 8.84. The van der Waals surface area contributed by atoms with Crippen LogP contribution in [0, 0.1) is 35.0 Å². The smallest absolute Gasteiger partial charge is 0.155 e. The molecule has 4 rings (SSSR count). The summed E-state index contributed by atoms with van der Waals surface area (Å²) in [4.78, 5) is 24.7. The third kappa shape index (κ3) is 3.50. The van der Waals surface area contributed by atoms with Crippen molar-refractivity contribution < 1.29 is 14.0 Å². The topological polar surface area (TPSA) is 34.1 Å². The van der Waals surface area contributed by atoms with E-state index in [0.717, 1.165) is 50.8 Å². The van der Waals surface area contributed by atoms with Gasteiger partial charge >= 0.3 is 0 Å². The molecule has 0 saturated heterocycles. The van der Waals surface area contributed by atoms with Gasteiger partial charge < -0.3 is 0 Å². The van der Waals surface area contributed by atoms with E-state index in [1.165, 1.54) is 12.0 Å². The van der Waals surface area contributed by atoms with E-state index in [-0.39, 0.29) is 17.6 Å². The molecule has 4 aliphatic rings. The van der Waals surface area contributed by atoms with Crippen molar-refractivity contribution >= 4 is 23.2 Å². The Morgan fingerprint density at radius 2 is 1.89 bits per heavy atom. The zero-order valence-electron chi connectivity index (χ0n) is 17.1. The summed E-state index contributed by atoms with van der Waals surface area (Å²) in [6.07, 6.45) is 10.9. The van der Waals surface area contributed by atoms with Crippen LogP contribution in [0.2, 0.25) is 0 Å². The molecule has 0 aromatic heterocycles. The lowest BCUT2D eigenvalue weighted by molar-refractivity contribution is -0.138. The number of ketones is 2. The van der Waals surface area contributed by atoms with Gasteiger partial charge in [-0.3, -0.25) is 9.59 Å². The zero-order valence-corrected chi connectivity index (χ0v) is 17.9. The quantitative estimate of drug-likeness (QED) is 0.395. The Balaban J connectivity index is 1.60. The minimum atomic E-state index is -0.908. The molecule has 3 fully saturated rings. The molecule has 3 saturated carbocycles.